The van der Waals surface area contributed by atoms with Crippen LogP contribution in [0.1, 0.15) is 5.56 Å². The monoisotopic (exact) mass is 382 g/mol. The van der Waals surface area contributed by atoms with E-state index in [1.165, 1.54) is 12.4 Å². The number of carbonyl (C=O) groups is 2. The van der Waals surface area contributed by atoms with Crippen molar-refractivity contribution in [1.82, 2.24) is 9.97 Å². The summed E-state index contributed by atoms with van der Waals surface area (Å²) >= 11 is 5.57. The molecular formula is C16H10ClF3N4O2. The number of carbonyl (C=O) groups excluding carboxylic acids is 2. The van der Waals surface area contributed by atoms with Crippen molar-refractivity contribution in [2.45, 2.75) is 6.18 Å². The van der Waals surface area contributed by atoms with Crippen molar-refractivity contribution in [2.75, 3.05) is 10.6 Å². The lowest BCUT2D eigenvalue weighted by atomic mass is 10.2. The number of nitrogens with zero attached hydrogens (tertiary/aromatic N) is 1. The molecule has 0 spiro atoms. The molecule has 10 heteroatoms. The van der Waals surface area contributed by atoms with Gasteiger partial charge in [-0.1, -0.05) is 11.6 Å². The van der Waals surface area contributed by atoms with Gasteiger partial charge < -0.3 is 15.6 Å². The van der Waals surface area contributed by atoms with E-state index in [2.05, 4.69) is 20.6 Å². The largest absolute Gasteiger partial charge is 0.417 e. The molecule has 26 heavy (non-hydrogen) atoms. The summed E-state index contributed by atoms with van der Waals surface area (Å²) in [6.45, 7) is 0. The van der Waals surface area contributed by atoms with Gasteiger partial charge in [0.1, 0.15) is 0 Å². The Balaban J connectivity index is 1.72. The van der Waals surface area contributed by atoms with Crippen LogP contribution in [0.5, 0.6) is 0 Å². The first-order chi connectivity index (χ1) is 12.3. The minimum absolute atomic E-state index is 0.0382. The maximum absolute atomic E-state index is 12.7. The summed E-state index contributed by atoms with van der Waals surface area (Å²) in [6.07, 6.45) is -0.0482. The lowest BCUT2D eigenvalue weighted by Crippen LogP contribution is -2.29. The average molecular weight is 383 g/mol. The number of hydrogen-bond donors (Lipinski definition) is 3. The van der Waals surface area contributed by atoms with Gasteiger partial charge in [0.15, 0.2) is 0 Å². The van der Waals surface area contributed by atoms with E-state index in [0.29, 0.717) is 16.6 Å². The zero-order chi connectivity index (χ0) is 18.9. The molecular weight excluding hydrogens is 373 g/mol. The molecule has 0 aliphatic carbocycles. The van der Waals surface area contributed by atoms with Crippen LogP contribution in [0, 0.1) is 0 Å². The van der Waals surface area contributed by atoms with Gasteiger partial charge in [0, 0.05) is 29.7 Å². The fraction of sp³-hybridized carbons (Fsp3) is 0.0625. The van der Waals surface area contributed by atoms with Gasteiger partial charge in [-0.3, -0.25) is 14.6 Å². The highest BCUT2D eigenvalue weighted by molar-refractivity contribution is 6.44. The molecule has 0 saturated heterocycles. The summed E-state index contributed by atoms with van der Waals surface area (Å²) in [7, 11) is 0. The molecule has 2 aromatic heterocycles. The molecule has 0 saturated carbocycles. The topological polar surface area (TPSA) is 86.9 Å². The molecule has 3 aromatic rings. The van der Waals surface area contributed by atoms with Crippen molar-refractivity contribution in [3.63, 3.8) is 0 Å². The van der Waals surface area contributed by atoms with Gasteiger partial charge in [-0.2, -0.15) is 13.2 Å². The van der Waals surface area contributed by atoms with Gasteiger partial charge in [0.25, 0.3) is 0 Å². The highest BCUT2D eigenvalue weighted by Gasteiger charge is 2.33. The number of aromatic nitrogens is 2. The van der Waals surface area contributed by atoms with Gasteiger partial charge in [-0.15, -0.1) is 0 Å². The number of aromatic amines is 1. The molecule has 134 valence electrons. The Morgan fingerprint density at radius 2 is 1.85 bits per heavy atom. The standard InChI is InChI=1S/C16H10ClF3N4O2/c17-11-5-8(1-2-10(11)16(18,19)20)23-14(25)15(26)24-13-7-22-12-3-4-21-6-9(12)13/h1-7,22H,(H,23,25)(H,24,26). The summed E-state index contributed by atoms with van der Waals surface area (Å²) in [6, 6.07) is 4.34. The number of rotatable bonds is 2. The van der Waals surface area contributed by atoms with Crippen LogP contribution in [0.2, 0.25) is 5.02 Å². The lowest BCUT2D eigenvalue weighted by molar-refractivity contribution is -0.137. The van der Waals surface area contributed by atoms with E-state index in [-0.39, 0.29) is 5.69 Å². The third kappa shape index (κ3) is 3.62. The van der Waals surface area contributed by atoms with Crippen LogP contribution in [0.3, 0.4) is 0 Å². The second-order valence-electron chi connectivity index (χ2n) is 5.22. The van der Waals surface area contributed by atoms with Crippen LogP contribution in [0.4, 0.5) is 24.5 Å². The average Bonchev–Trinajstić information content (AvgIpc) is 2.97. The summed E-state index contributed by atoms with van der Waals surface area (Å²) in [5.41, 5.74) is -0.0133. The molecule has 0 aliphatic heterocycles. The zero-order valence-electron chi connectivity index (χ0n) is 12.8. The van der Waals surface area contributed by atoms with E-state index in [4.69, 9.17) is 11.6 Å². The number of halogens is 4. The third-order valence-corrected chi connectivity index (χ3v) is 3.78. The second kappa shape index (κ2) is 6.68. The molecule has 0 aliphatic rings. The van der Waals surface area contributed by atoms with E-state index in [0.717, 1.165) is 18.2 Å². The summed E-state index contributed by atoms with van der Waals surface area (Å²) < 4.78 is 38.0. The molecule has 3 rings (SSSR count). The number of benzene rings is 1. The fourth-order valence-electron chi connectivity index (χ4n) is 2.26. The van der Waals surface area contributed by atoms with E-state index in [1.807, 2.05) is 0 Å². The van der Waals surface area contributed by atoms with Crippen molar-refractivity contribution in [3.05, 3.63) is 53.4 Å². The van der Waals surface area contributed by atoms with Crippen molar-refractivity contribution >= 4 is 45.7 Å². The summed E-state index contributed by atoms with van der Waals surface area (Å²) in [5, 5.41) is 4.61. The van der Waals surface area contributed by atoms with Crippen LogP contribution in [0.25, 0.3) is 10.9 Å². The first kappa shape index (κ1) is 17.7. The van der Waals surface area contributed by atoms with Crippen LogP contribution >= 0.6 is 11.6 Å². The van der Waals surface area contributed by atoms with Gasteiger partial charge >= 0.3 is 18.0 Å². The van der Waals surface area contributed by atoms with Gasteiger partial charge in [0.2, 0.25) is 0 Å². The Labute approximate surface area is 149 Å². The Hall–Kier alpha value is -3.07. The van der Waals surface area contributed by atoms with E-state index < -0.39 is 28.6 Å². The highest BCUT2D eigenvalue weighted by Crippen LogP contribution is 2.35. The van der Waals surface area contributed by atoms with Gasteiger partial charge in [-0.25, -0.2) is 0 Å². The summed E-state index contributed by atoms with van der Waals surface area (Å²) in [5.74, 6) is -2.05. The Morgan fingerprint density at radius 3 is 2.54 bits per heavy atom. The van der Waals surface area contributed by atoms with Gasteiger partial charge in [0.05, 0.1) is 21.8 Å². The van der Waals surface area contributed by atoms with Crippen LogP contribution < -0.4 is 10.6 Å². The molecule has 2 heterocycles. The van der Waals surface area contributed by atoms with Crippen LogP contribution in [0.15, 0.2) is 42.9 Å². The smallest absolute Gasteiger partial charge is 0.359 e. The Kier molecular flexibility index (Phi) is 4.56. The van der Waals surface area contributed by atoms with Crippen molar-refractivity contribution in [1.29, 1.82) is 0 Å². The number of amides is 2. The SMILES string of the molecule is O=C(Nc1ccc(C(F)(F)F)c(Cl)c1)C(=O)Nc1c[nH]c2ccncc12. The number of fused-ring (bicyclic) bond motifs is 1. The van der Waals surface area contributed by atoms with Crippen molar-refractivity contribution in [2.24, 2.45) is 0 Å². The number of alkyl halides is 3. The maximum Gasteiger partial charge on any atom is 0.417 e. The number of pyridine rings is 1. The molecule has 0 unspecified atom stereocenters. The number of H-pyrrole nitrogens is 1. The lowest BCUT2D eigenvalue weighted by Gasteiger charge is -2.11. The first-order valence-corrected chi connectivity index (χ1v) is 7.53. The molecule has 0 bridgehead atoms. The maximum atomic E-state index is 12.7. The minimum atomic E-state index is -4.61. The molecule has 0 radical (unpaired) electrons. The third-order valence-electron chi connectivity index (χ3n) is 3.47. The van der Waals surface area contributed by atoms with Crippen molar-refractivity contribution < 1.29 is 22.8 Å². The zero-order valence-corrected chi connectivity index (χ0v) is 13.6. The Bertz CT molecular complexity index is 1000. The first-order valence-electron chi connectivity index (χ1n) is 7.16. The number of anilines is 2. The van der Waals surface area contributed by atoms with Crippen molar-refractivity contribution in [3.8, 4) is 0 Å². The molecule has 0 fully saturated rings. The Morgan fingerprint density at radius 1 is 1.12 bits per heavy atom. The number of nitrogens with one attached hydrogen (secondary N) is 3. The van der Waals surface area contributed by atoms with E-state index in [1.54, 1.807) is 12.3 Å². The fourth-order valence-corrected chi connectivity index (χ4v) is 2.54. The highest BCUT2D eigenvalue weighted by atomic mass is 35.5. The van der Waals surface area contributed by atoms with E-state index in [9.17, 15) is 22.8 Å². The van der Waals surface area contributed by atoms with Gasteiger partial charge in [-0.05, 0) is 24.3 Å². The molecule has 1 aromatic carbocycles. The molecule has 6 nitrogen and oxygen atoms in total. The molecule has 0 atom stereocenters. The predicted octanol–water partition coefficient (Wildman–Crippen LogP) is 3.81. The molecule has 2 amide bonds. The number of hydrogen-bond acceptors (Lipinski definition) is 3. The quantitative estimate of drug-likeness (QED) is 0.589. The summed E-state index contributed by atoms with van der Waals surface area (Å²) in [4.78, 5) is 30.8. The van der Waals surface area contributed by atoms with E-state index >= 15 is 0 Å². The second-order valence-corrected chi connectivity index (χ2v) is 5.63. The predicted molar refractivity (Wildman–Crippen MR) is 89.8 cm³/mol. The normalized spacial score (nSPS) is 11.4. The van der Waals surface area contributed by atoms with Crippen LogP contribution in [-0.4, -0.2) is 21.8 Å². The molecule has 3 N–H and O–H groups in total. The minimum Gasteiger partial charge on any atom is -0.359 e. The van der Waals surface area contributed by atoms with Crippen LogP contribution in [-0.2, 0) is 15.8 Å².